The highest BCUT2D eigenvalue weighted by molar-refractivity contribution is 5.95. The van der Waals surface area contributed by atoms with Crippen LogP contribution in [0.4, 0.5) is 11.4 Å². The number of hydrogen-bond donors (Lipinski definition) is 3. The molecule has 0 aliphatic carbocycles. The minimum Gasteiger partial charge on any atom is -0.383 e. The molecule has 2 aromatic carbocycles. The van der Waals surface area contributed by atoms with Crippen LogP contribution in [0.2, 0.25) is 0 Å². The largest absolute Gasteiger partial charge is 0.383 e. The lowest BCUT2D eigenvalue weighted by Gasteiger charge is -2.14. The monoisotopic (exact) mass is 369 g/mol. The summed E-state index contributed by atoms with van der Waals surface area (Å²) in [4.78, 5) is 24.2. The number of ether oxygens (including phenoxy) is 1. The zero-order chi connectivity index (χ0) is 19.6. The fraction of sp³-hybridized carbons (Fsp3) is 0.333. The Morgan fingerprint density at radius 1 is 1.04 bits per heavy atom. The van der Waals surface area contributed by atoms with E-state index in [1.807, 2.05) is 24.3 Å². The topological polar surface area (TPSA) is 79.5 Å². The quantitative estimate of drug-likeness (QED) is 0.593. The van der Waals surface area contributed by atoms with Gasteiger partial charge in [0, 0.05) is 30.6 Å². The number of amides is 2. The number of carbonyl (C=O) groups excluding carboxylic acids is 2. The Morgan fingerprint density at radius 2 is 1.74 bits per heavy atom. The molecule has 27 heavy (non-hydrogen) atoms. The molecular weight excluding hydrogens is 342 g/mol. The molecule has 0 fully saturated rings. The zero-order valence-electron chi connectivity index (χ0n) is 16.0. The van der Waals surface area contributed by atoms with Crippen LogP contribution in [0, 0.1) is 0 Å². The van der Waals surface area contributed by atoms with Gasteiger partial charge in [0.05, 0.1) is 13.2 Å². The number of benzene rings is 2. The predicted octanol–water partition coefficient (Wildman–Crippen LogP) is 3.24. The highest BCUT2D eigenvalue weighted by atomic mass is 16.5. The molecule has 2 rings (SSSR count). The van der Waals surface area contributed by atoms with E-state index in [1.54, 1.807) is 31.4 Å². The van der Waals surface area contributed by atoms with E-state index in [4.69, 9.17) is 4.74 Å². The van der Waals surface area contributed by atoms with Gasteiger partial charge in [-0.25, -0.2) is 0 Å². The van der Waals surface area contributed by atoms with Gasteiger partial charge < -0.3 is 20.7 Å². The van der Waals surface area contributed by atoms with Crippen LogP contribution in [0.15, 0.2) is 48.5 Å². The molecule has 0 radical (unpaired) electrons. The number of rotatable bonds is 9. The minimum atomic E-state index is -0.151. The summed E-state index contributed by atoms with van der Waals surface area (Å²) in [5.41, 5.74) is 3.28. The molecule has 0 atom stereocenters. The first-order valence-corrected chi connectivity index (χ1v) is 9.01. The average Bonchev–Trinajstić information content (AvgIpc) is 2.67. The highest BCUT2D eigenvalue weighted by Crippen LogP contribution is 2.23. The fourth-order valence-electron chi connectivity index (χ4n) is 2.60. The molecule has 0 aliphatic rings. The van der Waals surface area contributed by atoms with Crippen LogP contribution in [0.25, 0.3) is 0 Å². The number of carbonyl (C=O) groups is 2. The smallest absolute Gasteiger partial charge is 0.251 e. The van der Waals surface area contributed by atoms with E-state index in [9.17, 15) is 9.59 Å². The first-order valence-electron chi connectivity index (χ1n) is 9.01. The third kappa shape index (κ3) is 6.42. The van der Waals surface area contributed by atoms with Gasteiger partial charge in [-0.15, -0.1) is 0 Å². The van der Waals surface area contributed by atoms with Crippen LogP contribution < -0.4 is 16.0 Å². The number of methoxy groups -OCH3 is 1. The summed E-state index contributed by atoms with van der Waals surface area (Å²) in [5.74, 6) is 0.0585. The number of hydrogen-bond acceptors (Lipinski definition) is 4. The van der Waals surface area contributed by atoms with Gasteiger partial charge in [-0.2, -0.15) is 0 Å². The molecule has 2 amide bonds. The van der Waals surface area contributed by atoms with Crippen LogP contribution in [-0.2, 0) is 9.53 Å². The van der Waals surface area contributed by atoms with Gasteiger partial charge >= 0.3 is 0 Å². The number of para-hydroxylation sites is 1. The maximum Gasteiger partial charge on any atom is 0.251 e. The third-order valence-corrected chi connectivity index (χ3v) is 4.05. The molecule has 0 unspecified atom stereocenters. The molecule has 0 bridgehead atoms. The van der Waals surface area contributed by atoms with Crippen molar-refractivity contribution in [2.45, 2.75) is 19.8 Å². The van der Waals surface area contributed by atoms with Crippen molar-refractivity contribution in [3.63, 3.8) is 0 Å². The molecule has 0 aliphatic heterocycles. The van der Waals surface area contributed by atoms with Crippen LogP contribution in [0.1, 0.15) is 35.7 Å². The molecule has 3 N–H and O–H groups in total. The Balaban J connectivity index is 1.86. The molecule has 2 aromatic rings. The Hall–Kier alpha value is -2.86. The van der Waals surface area contributed by atoms with E-state index >= 15 is 0 Å². The van der Waals surface area contributed by atoms with Gasteiger partial charge in [-0.05, 0) is 41.8 Å². The lowest BCUT2D eigenvalue weighted by atomic mass is 10.0. The van der Waals surface area contributed by atoms with Crippen molar-refractivity contribution in [2.75, 3.05) is 37.4 Å². The molecule has 6 nitrogen and oxygen atoms in total. The van der Waals surface area contributed by atoms with E-state index in [0.29, 0.717) is 24.6 Å². The van der Waals surface area contributed by atoms with Crippen molar-refractivity contribution in [3.05, 3.63) is 59.7 Å². The van der Waals surface area contributed by atoms with Crippen molar-refractivity contribution in [1.29, 1.82) is 0 Å². The lowest BCUT2D eigenvalue weighted by Crippen LogP contribution is -2.26. The average molecular weight is 369 g/mol. The van der Waals surface area contributed by atoms with Gasteiger partial charge in [0.15, 0.2) is 0 Å². The van der Waals surface area contributed by atoms with Crippen molar-refractivity contribution >= 4 is 23.2 Å². The summed E-state index contributed by atoms with van der Waals surface area (Å²) >= 11 is 0. The Bertz CT molecular complexity index is 758. The summed E-state index contributed by atoms with van der Waals surface area (Å²) in [5, 5.41) is 8.77. The molecule has 0 spiro atoms. The van der Waals surface area contributed by atoms with Gasteiger partial charge in [-0.1, -0.05) is 32.0 Å². The van der Waals surface area contributed by atoms with Crippen molar-refractivity contribution < 1.29 is 14.3 Å². The highest BCUT2D eigenvalue weighted by Gasteiger charge is 2.09. The van der Waals surface area contributed by atoms with Gasteiger partial charge in [0.1, 0.15) is 0 Å². The van der Waals surface area contributed by atoms with Crippen molar-refractivity contribution in [3.8, 4) is 0 Å². The SMILES string of the molecule is COCCNC(=O)c1ccc(NCC(=O)Nc2ccccc2C(C)C)cc1. The van der Waals surface area contributed by atoms with E-state index in [-0.39, 0.29) is 18.4 Å². The van der Waals surface area contributed by atoms with Crippen LogP contribution in [0.5, 0.6) is 0 Å². The summed E-state index contributed by atoms with van der Waals surface area (Å²) < 4.78 is 4.90. The standard InChI is InChI=1S/C21H27N3O3/c1-15(2)18-6-4-5-7-19(18)24-20(25)14-23-17-10-8-16(9-11-17)21(26)22-12-13-27-3/h4-11,15,23H,12-14H2,1-3H3,(H,22,26)(H,24,25). The second-order valence-corrected chi connectivity index (χ2v) is 6.47. The van der Waals surface area contributed by atoms with Crippen molar-refractivity contribution in [2.24, 2.45) is 0 Å². The maximum atomic E-state index is 12.2. The van der Waals surface area contributed by atoms with E-state index in [2.05, 4.69) is 29.8 Å². The number of anilines is 2. The molecule has 6 heteroatoms. The fourth-order valence-corrected chi connectivity index (χ4v) is 2.60. The summed E-state index contributed by atoms with van der Waals surface area (Å²) in [6, 6.07) is 14.8. The summed E-state index contributed by atoms with van der Waals surface area (Å²) in [7, 11) is 1.59. The second kappa shape index (κ2) is 10.3. The van der Waals surface area contributed by atoms with Gasteiger partial charge in [-0.3, -0.25) is 9.59 Å². The molecule has 0 saturated heterocycles. The third-order valence-electron chi connectivity index (χ3n) is 4.05. The van der Waals surface area contributed by atoms with Crippen LogP contribution in [-0.4, -0.2) is 38.6 Å². The van der Waals surface area contributed by atoms with Crippen molar-refractivity contribution in [1.82, 2.24) is 5.32 Å². The Kier molecular flexibility index (Phi) is 7.82. The van der Waals surface area contributed by atoms with E-state index in [1.165, 1.54) is 0 Å². The molecular formula is C21H27N3O3. The van der Waals surface area contributed by atoms with Gasteiger partial charge in [0.25, 0.3) is 5.91 Å². The summed E-state index contributed by atoms with van der Waals surface area (Å²) in [6.07, 6.45) is 0. The maximum absolute atomic E-state index is 12.2. The van der Waals surface area contributed by atoms with Crippen LogP contribution >= 0.6 is 0 Å². The van der Waals surface area contributed by atoms with Gasteiger partial charge in [0.2, 0.25) is 5.91 Å². The second-order valence-electron chi connectivity index (χ2n) is 6.47. The van der Waals surface area contributed by atoms with Crippen LogP contribution in [0.3, 0.4) is 0 Å². The normalized spacial score (nSPS) is 10.5. The molecule has 0 saturated carbocycles. The summed E-state index contributed by atoms with van der Waals surface area (Å²) in [6.45, 7) is 5.27. The number of nitrogens with one attached hydrogen (secondary N) is 3. The first-order chi connectivity index (χ1) is 13.0. The predicted molar refractivity (Wildman–Crippen MR) is 108 cm³/mol. The Morgan fingerprint density at radius 3 is 2.41 bits per heavy atom. The lowest BCUT2D eigenvalue weighted by molar-refractivity contribution is -0.114. The molecule has 0 aromatic heterocycles. The molecule has 0 heterocycles. The Labute approximate surface area is 160 Å². The van der Waals surface area contributed by atoms with E-state index in [0.717, 1.165) is 16.9 Å². The minimum absolute atomic E-state index is 0.121. The zero-order valence-corrected chi connectivity index (χ0v) is 16.0. The van der Waals surface area contributed by atoms with E-state index < -0.39 is 0 Å². The first kappa shape index (κ1) is 20.5. The molecule has 144 valence electrons.